The molecule has 0 aliphatic carbocycles. The van der Waals surface area contributed by atoms with Crippen LogP contribution in [-0.4, -0.2) is 16.5 Å². The average Bonchev–Trinajstić information content (AvgIpc) is 2.34. The smallest absolute Gasteiger partial charge is 0.0977 e. The van der Waals surface area contributed by atoms with Gasteiger partial charge in [-0.25, -0.2) is 0 Å². The SMILES string of the molecule is C=CN1C=CN(C=C)C1. The van der Waals surface area contributed by atoms with E-state index in [-0.39, 0.29) is 0 Å². The van der Waals surface area contributed by atoms with Gasteiger partial charge in [0.25, 0.3) is 0 Å². The van der Waals surface area contributed by atoms with Crippen LogP contribution in [0.25, 0.3) is 0 Å². The van der Waals surface area contributed by atoms with Crippen LogP contribution in [0.15, 0.2) is 38.0 Å². The molecule has 0 saturated heterocycles. The highest BCUT2D eigenvalue weighted by Crippen LogP contribution is 2.04. The molecule has 0 atom stereocenters. The van der Waals surface area contributed by atoms with E-state index in [0.717, 1.165) is 6.67 Å². The van der Waals surface area contributed by atoms with Gasteiger partial charge < -0.3 is 9.80 Å². The van der Waals surface area contributed by atoms with Crippen LogP contribution in [0.5, 0.6) is 0 Å². The molecule has 9 heavy (non-hydrogen) atoms. The standard InChI is InChI=1S/C7H10N2/c1-3-8-5-6-9(4-2)7-8/h3-6H,1-2,7H2. The normalized spacial score (nSPS) is 16.4. The first-order valence-electron chi connectivity index (χ1n) is 2.82. The fourth-order valence-corrected chi connectivity index (χ4v) is 0.691. The van der Waals surface area contributed by atoms with Gasteiger partial charge in [-0.05, 0) is 12.4 Å². The summed E-state index contributed by atoms with van der Waals surface area (Å²) in [5.74, 6) is 0. The molecule has 2 heteroatoms. The second-order valence-electron chi connectivity index (χ2n) is 1.83. The lowest BCUT2D eigenvalue weighted by atomic mass is 10.8. The molecule has 0 saturated carbocycles. The summed E-state index contributed by atoms with van der Waals surface area (Å²) in [5, 5.41) is 0. The molecule has 1 heterocycles. The van der Waals surface area contributed by atoms with Crippen molar-refractivity contribution in [2.75, 3.05) is 6.67 Å². The second-order valence-corrected chi connectivity index (χ2v) is 1.83. The maximum absolute atomic E-state index is 3.63. The summed E-state index contributed by atoms with van der Waals surface area (Å²) in [6.45, 7) is 8.09. The Hall–Kier alpha value is -1.18. The van der Waals surface area contributed by atoms with Gasteiger partial charge >= 0.3 is 0 Å². The number of hydrogen-bond acceptors (Lipinski definition) is 2. The molecule has 0 bridgehead atoms. The minimum absolute atomic E-state index is 0.840. The highest BCUT2D eigenvalue weighted by atomic mass is 15.3. The third-order valence-electron chi connectivity index (χ3n) is 1.25. The summed E-state index contributed by atoms with van der Waals surface area (Å²) in [6, 6.07) is 0. The Kier molecular flexibility index (Phi) is 1.58. The molecular formula is C7H10N2. The highest BCUT2D eigenvalue weighted by Gasteiger charge is 2.03. The quantitative estimate of drug-likeness (QED) is 0.545. The van der Waals surface area contributed by atoms with E-state index < -0.39 is 0 Å². The molecule has 0 aromatic carbocycles. The molecular weight excluding hydrogens is 112 g/mol. The van der Waals surface area contributed by atoms with E-state index in [4.69, 9.17) is 0 Å². The molecule has 0 aromatic rings. The first-order valence-corrected chi connectivity index (χ1v) is 2.82. The van der Waals surface area contributed by atoms with Gasteiger partial charge in [0.1, 0.15) is 0 Å². The Bertz CT molecular complexity index is 133. The van der Waals surface area contributed by atoms with Crippen LogP contribution in [0, 0.1) is 0 Å². The lowest BCUT2D eigenvalue weighted by molar-refractivity contribution is 0.393. The van der Waals surface area contributed by atoms with Crippen LogP contribution in [0.1, 0.15) is 0 Å². The van der Waals surface area contributed by atoms with E-state index in [9.17, 15) is 0 Å². The minimum Gasteiger partial charge on any atom is -0.335 e. The molecule has 1 aliphatic heterocycles. The largest absolute Gasteiger partial charge is 0.335 e. The van der Waals surface area contributed by atoms with Crippen LogP contribution in [0.4, 0.5) is 0 Å². The van der Waals surface area contributed by atoms with Crippen LogP contribution >= 0.6 is 0 Å². The van der Waals surface area contributed by atoms with Crippen LogP contribution < -0.4 is 0 Å². The van der Waals surface area contributed by atoms with Crippen molar-refractivity contribution >= 4 is 0 Å². The van der Waals surface area contributed by atoms with Crippen LogP contribution in [-0.2, 0) is 0 Å². The average molecular weight is 122 g/mol. The van der Waals surface area contributed by atoms with E-state index in [2.05, 4.69) is 13.2 Å². The zero-order valence-electron chi connectivity index (χ0n) is 5.33. The number of nitrogens with zero attached hydrogens (tertiary/aromatic N) is 2. The molecule has 0 fully saturated rings. The number of rotatable bonds is 2. The Labute approximate surface area is 55.4 Å². The minimum atomic E-state index is 0.840. The van der Waals surface area contributed by atoms with Gasteiger partial charge in [0, 0.05) is 12.4 Å². The molecule has 1 rings (SSSR count). The van der Waals surface area contributed by atoms with Crippen LogP contribution in [0.2, 0.25) is 0 Å². The topological polar surface area (TPSA) is 6.48 Å². The summed E-state index contributed by atoms with van der Waals surface area (Å²) in [7, 11) is 0. The Morgan fingerprint density at radius 2 is 1.56 bits per heavy atom. The molecule has 0 spiro atoms. The fraction of sp³-hybridized carbons (Fsp3) is 0.143. The predicted octanol–water partition coefficient (Wildman–Crippen LogP) is 1.32. The first kappa shape index (κ1) is 5.95. The van der Waals surface area contributed by atoms with E-state index in [1.54, 1.807) is 12.4 Å². The third kappa shape index (κ3) is 1.13. The van der Waals surface area contributed by atoms with E-state index in [0.29, 0.717) is 0 Å². The maximum atomic E-state index is 3.63. The maximum Gasteiger partial charge on any atom is 0.0977 e. The number of hydrogen-bond donors (Lipinski definition) is 0. The van der Waals surface area contributed by atoms with E-state index in [1.807, 2.05) is 22.2 Å². The lowest BCUT2D eigenvalue weighted by Crippen LogP contribution is -2.15. The van der Waals surface area contributed by atoms with Crippen molar-refractivity contribution in [2.45, 2.75) is 0 Å². The molecule has 0 aromatic heterocycles. The highest BCUT2D eigenvalue weighted by molar-refractivity contribution is 4.98. The molecule has 0 unspecified atom stereocenters. The van der Waals surface area contributed by atoms with Crippen molar-refractivity contribution in [1.82, 2.24) is 9.80 Å². The van der Waals surface area contributed by atoms with Gasteiger partial charge in [-0.15, -0.1) is 0 Å². The Morgan fingerprint density at radius 3 is 1.78 bits per heavy atom. The monoisotopic (exact) mass is 122 g/mol. The van der Waals surface area contributed by atoms with Crippen molar-refractivity contribution < 1.29 is 0 Å². The van der Waals surface area contributed by atoms with Crippen molar-refractivity contribution in [3.05, 3.63) is 38.0 Å². The summed E-state index contributed by atoms with van der Waals surface area (Å²) >= 11 is 0. The van der Waals surface area contributed by atoms with Gasteiger partial charge in [-0.3, -0.25) is 0 Å². The molecule has 0 amide bonds. The predicted molar refractivity (Wildman–Crippen MR) is 38.1 cm³/mol. The summed E-state index contributed by atoms with van der Waals surface area (Å²) < 4.78 is 0. The van der Waals surface area contributed by atoms with Gasteiger partial charge in [-0.1, -0.05) is 13.2 Å². The zero-order chi connectivity index (χ0) is 6.69. The molecule has 0 radical (unpaired) electrons. The van der Waals surface area contributed by atoms with Crippen molar-refractivity contribution in [3.8, 4) is 0 Å². The van der Waals surface area contributed by atoms with Crippen molar-refractivity contribution in [3.63, 3.8) is 0 Å². The zero-order valence-corrected chi connectivity index (χ0v) is 5.33. The summed E-state index contributed by atoms with van der Waals surface area (Å²) in [5.41, 5.74) is 0. The van der Waals surface area contributed by atoms with E-state index in [1.165, 1.54) is 0 Å². The fourth-order valence-electron chi connectivity index (χ4n) is 0.691. The lowest BCUT2D eigenvalue weighted by Gasteiger charge is -2.12. The molecule has 0 N–H and O–H groups in total. The van der Waals surface area contributed by atoms with Gasteiger partial charge in [0.05, 0.1) is 6.67 Å². The van der Waals surface area contributed by atoms with Gasteiger partial charge in [0.15, 0.2) is 0 Å². The molecule has 1 aliphatic rings. The second kappa shape index (κ2) is 2.40. The molecule has 2 nitrogen and oxygen atoms in total. The summed E-state index contributed by atoms with van der Waals surface area (Å²) in [6.07, 6.45) is 7.46. The van der Waals surface area contributed by atoms with Gasteiger partial charge in [-0.2, -0.15) is 0 Å². The van der Waals surface area contributed by atoms with Crippen molar-refractivity contribution in [1.29, 1.82) is 0 Å². The van der Waals surface area contributed by atoms with Gasteiger partial charge in [0.2, 0.25) is 0 Å². The van der Waals surface area contributed by atoms with E-state index >= 15 is 0 Å². The van der Waals surface area contributed by atoms with Crippen LogP contribution in [0.3, 0.4) is 0 Å². The Morgan fingerprint density at radius 1 is 1.11 bits per heavy atom. The third-order valence-corrected chi connectivity index (χ3v) is 1.25. The first-order chi connectivity index (χ1) is 4.36. The van der Waals surface area contributed by atoms with Crippen molar-refractivity contribution in [2.24, 2.45) is 0 Å². The Balaban J connectivity index is 2.48. The summed E-state index contributed by atoms with van der Waals surface area (Å²) in [4.78, 5) is 3.95. The molecule has 48 valence electrons.